The van der Waals surface area contributed by atoms with Crippen molar-refractivity contribution in [3.63, 3.8) is 0 Å². The number of unbranched alkanes of at least 4 members (excludes halogenated alkanes) is 1. The maximum absolute atomic E-state index is 13.7. The molecule has 0 aliphatic rings. The van der Waals surface area contributed by atoms with E-state index in [1.807, 2.05) is 0 Å². The molecule has 0 fully saturated rings. The van der Waals surface area contributed by atoms with Crippen molar-refractivity contribution in [3.05, 3.63) is 58.3 Å². The van der Waals surface area contributed by atoms with Gasteiger partial charge in [-0.05, 0) is 42.8 Å². The summed E-state index contributed by atoms with van der Waals surface area (Å²) in [6, 6.07) is 11.4. The van der Waals surface area contributed by atoms with Crippen molar-refractivity contribution >= 4 is 27.5 Å². The highest BCUT2D eigenvalue weighted by molar-refractivity contribution is 9.10. The van der Waals surface area contributed by atoms with E-state index in [0.717, 1.165) is 12.8 Å². The number of amides is 1. The molecule has 0 aromatic heterocycles. The van der Waals surface area contributed by atoms with Crippen LogP contribution in [0.5, 0.6) is 5.75 Å². The average Bonchev–Trinajstić information content (AvgIpc) is 2.50. The molecule has 2 rings (SSSR count). The Morgan fingerprint density at radius 1 is 1.27 bits per heavy atom. The number of anilines is 1. The minimum atomic E-state index is -0.488. The van der Waals surface area contributed by atoms with E-state index in [9.17, 15) is 9.18 Å². The largest absolute Gasteiger partial charge is 0.494 e. The Bertz CT molecular complexity index is 661. The van der Waals surface area contributed by atoms with Crippen molar-refractivity contribution in [1.29, 1.82) is 0 Å². The fourth-order valence-corrected chi connectivity index (χ4v) is 2.18. The SMILES string of the molecule is CCCCOc1cccc(C(=O)Nc2ccc(Br)cc2F)c1. The second-order valence-corrected chi connectivity index (χ2v) is 5.72. The van der Waals surface area contributed by atoms with Crippen molar-refractivity contribution < 1.29 is 13.9 Å². The molecule has 0 aliphatic carbocycles. The molecular weight excluding hydrogens is 349 g/mol. The van der Waals surface area contributed by atoms with Gasteiger partial charge in [-0.25, -0.2) is 4.39 Å². The molecule has 0 heterocycles. The van der Waals surface area contributed by atoms with Gasteiger partial charge in [-0.1, -0.05) is 35.3 Å². The molecule has 0 aliphatic heterocycles. The van der Waals surface area contributed by atoms with Gasteiger partial charge in [-0.15, -0.1) is 0 Å². The van der Waals surface area contributed by atoms with E-state index in [-0.39, 0.29) is 11.6 Å². The molecule has 22 heavy (non-hydrogen) atoms. The summed E-state index contributed by atoms with van der Waals surface area (Å²) in [5.74, 6) is -0.224. The third kappa shape index (κ3) is 4.56. The number of nitrogens with one attached hydrogen (secondary N) is 1. The van der Waals surface area contributed by atoms with E-state index < -0.39 is 5.82 Å². The van der Waals surface area contributed by atoms with Gasteiger partial charge in [0.1, 0.15) is 11.6 Å². The fraction of sp³-hybridized carbons (Fsp3) is 0.235. The lowest BCUT2D eigenvalue weighted by molar-refractivity contribution is 0.102. The van der Waals surface area contributed by atoms with Gasteiger partial charge in [0.05, 0.1) is 12.3 Å². The molecule has 5 heteroatoms. The van der Waals surface area contributed by atoms with E-state index in [2.05, 4.69) is 28.2 Å². The van der Waals surface area contributed by atoms with Crippen LogP contribution in [0, 0.1) is 5.82 Å². The van der Waals surface area contributed by atoms with Gasteiger partial charge >= 0.3 is 0 Å². The Hall–Kier alpha value is -1.88. The monoisotopic (exact) mass is 365 g/mol. The first-order valence-electron chi connectivity index (χ1n) is 7.09. The average molecular weight is 366 g/mol. The number of halogens is 2. The van der Waals surface area contributed by atoms with Gasteiger partial charge in [-0.3, -0.25) is 4.79 Å². The van der Waals surface area contributed by atoms with Crippen LogP contribution in [-0.4, -0.2) is 12.5 Å². The number of benzene rings is 2. The summed E-state index contributed by atoms with van der Waals surface area (Å²) < 4.78 is 19.9. The molecule has 0 atom stereocenters. The van der Waals surface area contributed by atoms with E-state index >= 15 is 0 Å². The van der Waals surface area contributed by atoms with E-state index in [4.69, 9.17) is 4.74 Å². The van der Waals surface area contributed by atoms with Crippen LogP contribution >= 0.6 is 15.9 Å². The number of carbonyl (C=O) groups is 1. The quantitative estimate of drug-likeness (QED) is 0.729. The van der Waals surface area contributed by atoms with Crippen LogP contribution in [0.1, 0.15) is 30.1 Å². The molecule has 2 aromatic carbocycles. The van der Waals surface area contributed by atoms with Crippen molar-refractivity contribution in [3.8, 4) is 5.75 Å². The van der Waals surface area contributed by atoms with Crippen LogP contribution in [0.15, 0.2) is 46.9 Å². The van der Waals surface area contributed by atoms with Gasteiger partial charge in [0.25, 0.3) is 5.91 Å². The molecule has 3 nitrogen and oxygen atoms in total. The zero-order valence-corrected chi connectivity index (χ0v) is 13.8. The van der Waals surface area contributed by atoms with Crippen LogP contribution in [0.25, 0.3) is 0 Å². The van der Waals surface area contributed by atoms with Crippen LogP contribution < -0.4 is 10.1 Å². The lowest BCUT2D eigenvalue weighted by Gasteiger charge is -2.09. The Kier molecular flexibility index (Phi) is 5.95. The lowest BCUT2D eigenvalue weighted by atomic mass is 10.2. The molecule has 0 spiro atoms. The summed E-state index contributed by atoms with van der Waals surface area (Å²) in [4.78, 5) is 12.2. The van der Waals surface area contributed by atoms with Crippen molar-refractivity contribution in [2.75, 3.05) is 11.9 Å². The highest BCUT2D eigenvalue weighted by Gasteiger charge is 2.10. The molecule has 1 amide bonds. The van der Waals surface area contributed by atoms with Gasteiger partial charge < -0.3 is 10.1 Å². The second kappa shape index (κ2) is 7.94. The fourth-order valence-electron chi connectivity index (χ4n) is 1.85. The Morgan fingerprint density at radius 3 is 2.82 bits per heavy atom. The van der Waals surface area contributed by atoms with E-state index in [1.54, 1.807) is 30.3 Å². The number of carbonyl (C=O) groups excluding carboxylic acids is 1. The minimum Gasteiger partial charge on any atom is -0.494 e. The van der Waals surface area contributed by atoms with E-state index in [0.29, 0.717) is 22.4 Å². The molecule has 116 valence electrons. The normalized spacial score (nSPS) is 10.3. The predicted octanol–water partition coefficient (Wildman–Crippen LogP) is 5.02. The molecule has 0 saturated heterocycles. The zero-order chi connectivity index (χ0) is 15.9. The first-order chi connectivity index (χ1) is 10.6. The molecule has 0 radical (unpaired) electrons. The first-order valence-corrected chi connectivity index (χ1v) is 7.88. The number of hydrogen-bond acceptors (Lipinski definition) is 2. The van der Waals surface area contributed by atoms with E-state index in [1.165, 1.54) is 12.1 Å². The van der Waals surface area contributed by atoms with Crippen LogP contribution in [-0.2, 0) is 0 Å². The first kappa shape index (κ1) is 16.5. The number of hydrogen-bond donors (Lipinski definition) is 1. The molecule has 0 unspecified atom stereocenters. The Labute approximate surface area is 137 Å². The summed E-state index contributed by atoms with van der Waals surface area (Å²) in [6.07, 6.45) is 2.00. The smallest absolute Gasteiger partial charge is 0.255 e. The maximum atomic E-state index is 13.7. The molecule has 2 aromatic rings. The summed E-state index contributed by atoms with van der Waals surface area (Å²) in [7, 11) is 0. The second-order valence-electron chi connectivity index (χ2n) is 4.81. The highest BCUT2D eigenvalue weighted by Crippen LogP contribution is 2.21. The highest BCUT2D eigenvalue weighted by atomic mass is 79.9. The van der Waals surface area contributed by atoms with Crippen LogP contribution in [0.3, 0.4) is 0 Å². The van der Waals surface area contributed by atoms with Crippen LogP contribution in [0.2, 0.25) is 0 Å². The maximum Gasteiger partial charge on any atom is 0.255 e. The zero-order valence-electron chi connectivity index (χ0n) is 12.2. The Balaban J connectivity index is 2.07. The number of ether oxygens (including phenoxy) is 1. The van der Waals surface area contributed by atoms with Gasteiger partial charge in [0.15, 0.2) is 0 Å². The van der Waals surface area contributed by atoms with Crippen molar-refractivity contribution in [2.24, 2.45) is 0 Å². The molecule has 0 saturated carbocycles. The Morgan fingerprint density at radius 2 is 2.09 bits per heavy atom. The standard InChI is InChI=1S/C17H17BrFNO2/c1-2-3-9-22-14-6-4-5-12(10-14)17(21)20-16-8-7-13(18)11-15(16)19/h4-8,10-11H,2-3,9H2,1H3,(H,20,21). The minimum absolute atomic E-state index is 0.144. The lowest BCUT2D eigenvalue weighted by Crippen LogP contribution is -2.13. The summed E-state index contributed by atoms with van der Waals surface area (Å²) >= 11 is 3.18. The third-order valence-corrected chi connectivity index (χ3v) is 3.54. The number of rotatable bonds is 6. The molecule has 0 bridgehead atoms. The van der Waals surface area contributed by atoms with Crippen molar-refractivity contribution in [1.82, 2.24) is 0 Å². The molecular formula is C17H17BrFNO2. The predicted molar refractivity (Wildman–Crippen MR) is 88.9 cm³/mol. The summed E-state index contributed by atoms with van der Waals surface area (Å²) in [6.45, 7) is 2.70. The summed E-state index contributed by atoms with van der Waals surface area (Å²) in [5.41, 5.74) is 0.571. The van der Waals surface area contributed by atoms with Gasteiger partial charge in [0.2, 0.25) is 0 Å². The summed E-state index contributed by atoms with van der Waals surface area (Å²) in [5, 5.41) is 2.56. The van der Waals surface area contributed by atoms with Crippen molar-refractivity contribution in [2.45, 2.75) is 19.8 Å². The van der Waals surface area contributed by atoms with Gasteiger partial charge in [-0.2, -0.15) is 0 Å². The van der Waals surface area contributed by atoms with Crippen LogP contribution in [0.4, 0.5) is 10.1 Å². The molecule has 1 N–H and O–H groups in total. The van der Waals surface area contributed by atoms with Gasteiger partial charge in [0, 0.05) is 10.0 Å². The third-order valence-electron chi connectivity index (χ3n) is 3.04. The topological polar surface area (TPSA) is 38.3 Å².